The number of hydrogen-bond donors (Lipinski definition) is 1. The van der Waals surface area contributed by atoms with Crippen LogP contribution in [-0.4, -0.2) is 54.4 Å². The number of carbonyl (C=O) groups is 2. The molecule has 1 amide bonds. The molecule has 1 aliphatic heterocycles. The molecule has 1 aromatic rings. The second-order valence-corrected chi connectivity index (χ2v) is 5.26. The second-order valence-electron chi connectivity index (χ2n) is 5.26. The fraction of sp³-hybridized carbons (Fsp3) is 0.467. The van der Waals surface area contributed by atoms with Gasteiger partial charge in [0.2, 0.25) is 5.67 Å². The van der Waals surface area contributed by atoms with E-state index in [2.05, 4.69) is 0 Å². The third-order valence-corrected chi connectivity index (χ3v) is 3.68. The van der Waals surface area contributed by atoms with Crippen LogP contribution in [0.15, 0.2) is 18.2 Å². The first-order valence-corrected chi connectivity index (χ1v) is 6.83. The lowest BCUT2D eigenvalue weighted by Crippen LogP contribution is -2.40. The van der Waals surface area contributed by atoms with Crippen LogP contribution in [0.2, 0.25) is 0 Å². The third kappa shape index (κ3) is 3.29. The molecule has 0 saturated carbocycles. The van der Waals surface area contributed by atoms with Crippen LogP contribution in [0.25, 0.3) is 0 Å². The Kier molecular flexibility index (Phi) is 4.54. The molecule has 7 heteroatoms. The molecular weight excluding hydrogens is 293 g/mol. The Morgan fingerprint density at radius 1 is 1.45 bits per heavy atom. The highest BCUT2D eigenvalue weighted by Gasteiger charge is 2.46. The molecule has 0 radical (unpaired) electrons. The minimum Gasteiger partial charge on any atom is -0.496 e. The van der Waals surface area contributed by atoms with Crippen LogP contribution in [-0.2, 0) is 9.59 Å². The average molecular weight is 311 g/mol. The molecule has 1 unspecified atom stereocenters. The van der Waals surface area contributed by atoms with E-state index in [1.165, 1.54) is 4.90 Å². The van der Waals surface area contributed by atoms with E-state index in [0.717, 1.165) is 5.56 Å². The van der Waals surface area contributed by atoms with Crippen LogP contribution in [0.5, 0.6) is 11.5 Å². The third-order valence-electron chi connectivity index (χ3n) is 3.68. The number of carboxylic acids is 1. The van der Waals surface area contributed by atoms with Gasteiger partial charge in [0, 0.05) is 13.0 Å². The number of rotatable bonds is 5. The van der Waals surface area contributed by atoms with Gasteiger partial charge >= 0.3 is 5.97 Å². The van der Waals surface area contributed by atoms with Gasteiger partial charge in [-0.1, -0.05) is 0 Å². The van der Waals surface area contributed by atoms with Crippen molar-refractivity contribution >= 4 is 11.9 Å². The van der Waals surface area contributed by atoms with Crippen molar-refractivity contribution in [2.45, 2.75) is 19.0 Å². The molecule has 1 aliphatic rings. The average Bonchev–Trinajstić information content (AvgIpc) is 2.89. The number of halogens is 1. The molecular formula is C15H18FNO5. The summed E-state index contributed by atoms with van der Waals surface area (Å²) in [6, 6.07) is 5.12. The van der Waals surface area contributed by atoms with Crippen LogP contribution in [0.3, 0.4) is 0 Å². The van der Waals surface area contributed by atoms with Crippen LogP contribution < -0.4 is 9.47 Å². The summed E-state index contributed by atoms with van der Waals surface area (Å²) in [4.78, 5) is 23.9. The van der Waals surface area contributed by atoms with E-state index in [-0.39, 0.29) is 19.6 Å². The lowest BCUT2D eigenvalue weighted by atomic mass is 10.1. The number of hydrogen-bond acceptors (Lipinski definition) is 4. The van der Waals surface area contributed by atoms with Crippen LogP contribution in [0, 0.1) is 6.92 Å². The van der Waals surface area contributed by atoms with E-state index in [0.29, 0.717) is 11.5 Å². The molecule has 0 bridgehead atoms. The molecule has 1 saturated heterocycles. The predicted molar refractivity (Wildman–Crippen MR) is 75.9 cm³/mol. The lowest BCUT2D eigenvalue weighted by Gasteiger charge is -2.18. The molecule has 1 aromatic carbocycles. The Morgan fingerprint density at radius 2 is 2.18 bits per heavy atom. The molecule has 0 aromatic heterocycles. The van der Waals surface area contributed by atoms with E-state index < -0.39 is 24.1 Å². The summed E-state index contributed by atoms with van der Waals surface area (Å²) in [5, 5.41) is 8.80. The highest BCUT2D eigenvalue weighted by molar-refractivity contribution is 5.83. The van der Waals surface area contributed by atoms with Crippen LogP contribution in [0.1, 0.15) is 12.0 Å². The molecule has 1 fully saturated rings. The van der Waals surface area contributed by atoms with Crippen molar-refractivity contribution in [1.29, 1.82) is 0 Å². The van der Waals surface area contributed by atoms with Gasteiger partial charge in [-0.3, -0.25) is 4.79 Å². The summed E-state index contributed by atoms with van der Waals surface area (Å²) in [5.74, 6) is -0.763. The first-order valence-electron chi connectivity index (χ1n) is 6.83. The topological polar surface area (TPSA) is 76.1 Å². The summed E-state index contributed by atoms with van der Waals surface area (Å²) in [6.07, 6.45) is -0.199. The lowest BCUT2D eigenvalue weighted by molar-refractivity contribution is -0.150. The molecule has 6 nitrogen and oxygen atoms in total. The maximum atomic E-state index is 13.9. The molecule has 1 atom stereocenters. The standard InChI is InChI=1S/C15H18FNO5/c1-10-7-11(3-4-12(10)21-2)22-8-13(18)17-6-5-15(16,9-17)14(19)20/h3-4,7H,5-6,8-9H2,1-2H3,(H,19,20). The summed E-state index contributed by atoms with van der Waals surface area (Å²) in [7, 11) is 1.56. The maximum Gasteiger partial charge on any atom is 0.343 e. The summed E-state index contributed by atoms with van der Waals surface area (Å²) in [5.41, 5.74) is -1.49. The van der Waals surface area contributed by atoms with Crippen molar-refractivity contribution in [1.82, 2.24) is 4.90 Å². The van der Waals surface area contributed by atoms with Crippen molar-refractivity contribution in [3.05, 3.63) is 23.8 Å². The van der Waals surface area contributed by atoms with E-state index in [4.69, 9.17) is 14.6 Å². The zero-order chi connectivity index (χ0) is 16.3. The molecule has 22 heavy (non-hydrogen) atoms. The van der Waals surface area contributed by atoms with Gasteiger partial charge in [0.05, 0.1) is 13.7 Å². The highest BCUT2D eigenvalue weighted by atomic mass is 19.1. The Morgan fingerprint density at radius 3 is 2.73 bits per heavy atom. The number of methoxy groups -OCH3 is 1. The zero-order valence-corrected chi connectivity index (χ0v) is 12.5. The monoisotopic (exact) mass is 311 g/mol. The normalized spacial score (nSPS) is 20.8. The predicted octanol–water partition coefficient (Wildman–Crippen LogP) is 1.41. The number of likely N-dealkylation sites (tertiary alicyclic amines) is 1. The van der Waals surface area contributed by atoms with E-state index in [9.17, 15) is 14.0 Å². The van der Waals surface area contributed by atoms with E-state index in [1.807, 2.05) is 6.92 Å². The maximum absolute atomic E-state index is 13.9. The molecule has 1 N–H and O–H groups in total. The van der Waals surface area contributed by atoms with Crippen LogP contribution in [0.4, 0.5) is 4.39 Å². The van der Waals surface area contributed by atoms with Crippen molar-refractivity contribution < 1.29 is 28.6 Å². The van der Waals surface area contributed by atoms with Crippen molar-refractivity contribution in [2.75, 3.05) is 26.8 Å². The Balaban J connectivity index is 1.91. The molecule has 1 heterocycles. The van der Waals surface area contributed by atoms with E-state index in [1.54, 1.807) is 25.3 Å². The Bertz CT molecular complexity index is 591. The number of aryl methyl sites for hydroxylation is 1. The van der Waals surface area contributed by atoms with Gasteiger partial charge in [0.1, 0.15) is 11.5 Å². The van der Waals surface area contributed by atoms with Gasteiger partial charge in [0.25, 0.3) is 5.91 Å². The molecule has 120 valence electrons. The number of alkyl halides is 1. The van der Waals surface area contributed by atoms with Gasteiger partial charge in [0.15, 0.2) is 6.61 Å². The number of aliphatic carboxylic acids is 1. The number of ether oxygens (including phenoxy) is 2. The first kappa shape index (κ1) is 16.1. The number of benzene rings is 1. The number of nitrogens with zero attached hydrogens (tertiary/aromatic N) is 1. The van der Waals surface area contributed by atoms with Crippen molar-refractivity contribution in [3.8, 4) is 11.5 Å². The zero-order valence-electron chi connectivity index (χ0n) is 12.5. The molecule has 0 aliphatic carbocycles. The summed E-state index contributed by atoms with van der Waals surface area (Å²) >= 11 is 0. The first-order chi connectivity index (χ1) is 10.4. The largest absolute Gasteiger partial charge is 0.496 e. The number of carbonyl (C=O) groups excluding carboxylic acids is 1. The SMILES string of the molecule is COc1ccc(OCC(=O)N2CCC(F)(C(=O)O)C2)cc1C. The van der Waals surface area contributed by atoms with Gasteiger partial charge in [-0.2, -0.15) is 0 Å². The van der Waals surface area contributed by atoms with Gasteiger partial charge < -0.3 is 19.5 Å². The van der Waals surface area contributed by atoms with Crippen LogP contribution >= 0.6 is 0 Å². The van der Waals surface area contributed by atoms with Gasteiger partial charge in [-0.15, -0.1) is 0 Å². The van der Waals surface area contributed by atoms with Gasteiger partial charge in [-0.05, 0) is 30.7 Å². The highest BCUT2D eigenvalue weighted by Crippen LogP contribution is 2.26. The summed E-state index contributed by atoms with van der Waals surface area (Å²) < 4.78 is 24.4. The minimum absolute atomic E-state index is 0.0760. The molecule has 0 spiro atoms. The number of carboxylic acid groups (broad SMARTS) is 1. The quantitative estimate of drug-likeness (QED) is 0.890. The number of amides is 1. The second kappa shape index (κ2) is 6.21. The Labute approximate surface area is 127 Å². The smallest absolute Gasteiger partial charge is 0.343 e. The molecule has 2 rings (SSSR count). The fourth-order valence-corrected chi connectivity index (χ4v) is 2.34. The summed E-state index contributed by atoms with van der Waals surface area (Å²) in [6.45, 7) is 1.22. The fourth-order valence-electron chi connectivity index (χ4n) is 2.34. The van der Waals surface area contributed by atoms with E-state index >= 15 is 0 Å². The van der Waals surface area contributed by atoms with Crippen molar-refractivity contribution in [2.24, 2.45) is 0 Å². The minimum atomic E-state index is -2.35. The van der Waals surface area contributed by atoms with Crippen molar-refractivity contribution in [3.63, 3.8) is 0 Å². The van der Waals surface area contributed by atoms with Gasteiger partial charge in [-0.25, -0.2) is 9.18 Å². The Hall–Kier alpha value is -2.31.